The Bertz CT molecular complexity index is 205. The van der Waals surface area contributed by atoms with Crippen molar-refractivity contribution in [3.8, 4) is 0 Å². The molecule has 0 rings (SSSR count). The number of allylic oxidation sites excluding steroid dienone is 1. The Morgan fingerprint density at radius 3 is 2.42 bits per heavy atom. The molecule has 0 radical (unpaired) electrons. The number of hydrogen-bond acceptors (Lipinski definition) is 4. The number of ether oxygens (including phenoxy) is 2. The van der Waals surface area contributed by atoms with Crippen molar-refractivity contribution in [3.63, 3.8) is 0 Å². The summed E-state index contributed by atoms with van der Waals surface area (Å²) in [6.45, 7) is 3.43. The second kappa shape index (κ2) is 5.23. The standard InChI is InChI=1S/C8H12O4/c1-4-5-6(7(9)11-2)8(10)12-3/h4,9H,1,5H2,2-3H3/b7-6-. The third-order valence-corrected chi connectivity index (χ3v) is 1.23. The third-order valence-electron chi connectivity index (χ3n) is 1.23. The van der Waals surface area contributed by atoms with E-state index >= 15 is 0 Å². The van der Waals surface area contributed by atoms with Crippen LogP contribution in [-0.4, -0.2) is 25.3 Å². The van der Waals surface area contributed by atoms with Gasteiger partial charge in [-0.25, -0.2) is 4.79 Å². The molecule has 0 aromatic carbocycles. The largest absolute Gasteiger partial charge is 0.481 e. The molecule has 0 saturated heterocycles. The van der Waals surface area contributed by atoms with Crippen LogP contribution in [0.1, 0.15) is 6.42 Å². The monoisotopic (exact) mass is 172 g/mol. The van der Waals surface area contributed by atoms with E-state index in [-0.39, 0.29) is 12.0 Å². The van der Waals surface area contributed by atoms with Crippen molar-refractivity contribution in [1.29, 1.82) is 0 Å². The lowest BCUT2D eigenvalue weighted by atomic mass is 10.2. The Labute approximate surface area is 71.1 Å². The van der Waals surface area contributed by atoms with Crippen LogP contribution in [0.5, 0.6) is 0 Å². The highest BCUT2D eigenvalue weighted by Crippen LogP contribution is 2.09. The zero-order chi connectivity index (χ0) is 9.56. The molecule has 0 atom stereocenters. The van der Waals surface area contributed by atoms with E-state index in [4.69, 9.17) is 5.11 Å². The van der Waals surface area contributed by atoms with Crippen molar-refractivity contribution in [3.05, 3.63) is 24.2 Å². The van der Waals surface area contributed by atoms with Crippen molar-refractivity contribution in [2.45, 2.75) is 6.42 Å². The van der Waals surface area contributed by atoms with Crippen LogP contribution >= 0.6 is 0 Å². The van der Waals surface area contributed by atoms with Gasteiger partial charge in [0.15, 0.2) is 0 Å². The highest BCUT2D eigenvalue weighted by Gasteiger charge is 2.14. The van der Waals surface area contributed by atoms with E-state index in [2.05, 4.69) is 16.1 Å². The van der Waals surface area contributed by atoms with Gasteiger partial charge < -0.3 is 14.6 Å². The predicted octanol–water partition coefficient (Wildman–Crippen LogP) is 1.15. The van der Waals surface area contributed by atoms with E-state index in [0.717, 1.165) is 0 Å². The first kappa shape index (κ1) is 10.6. The van der Waals surface area contributed by atoms with Crippen LogP contribution in [0.2, 0.25) is 0 Å². The molecule has 0 aliphatic rings. The second-order valence-electron chi connectivity index (χ2n) is 1.97. The maximum Gasteiger partial charge on any atom is 0.341 e. The summed E-state index contributed by atoms with van der Waals surface area (Å²) in [7, 11) is 2.50. The summed E-state index contributed by atoms with van der Waals surface area (Å²) in [5.74, 6) is -1.05. The van der Waals surface area contributed by atoms with Crippen molar-refractivity contribution in [2.24, 2.45) is 0 Å². The van der Waals surface area contributed by atoms with Gasteiger partial charge in [0.05, 0.1) is 14.2 Å². The van der Waals surface area contributed by atoms with E-state index < -0.39 is 11.9 Å². The minimum absolute atomic E-state index is 0.0648. The quantitative estimate of drug-likeness (QED) is 0.299. The lowest BCUT2D eigenvalue weighted by molar-refractivity contribution is -0.136. The Balaban J connectivity index is 4.63. The Kier molecular flexibility index (Phi) is 4.60. The Morgan fingerprint density at radius 2 is 2.08 bits per heavy atom. The van der Waals surface area contributed by atoms with Gasteiger partial charge in [-0.1, -0.05) is 6.08 Å². The summed E-state index contributed by atoms with van der Waals surface area (Å²) < 4.78 is 8.88. The van der Waals surface area contributed by atoms with Gasteiger partial charge in [-0.2, -0.15) is 0 Å². The summed E-state index contributed by atoms with van der Waals surface area (Å²) in [4.78, 5) is 10.9. The molecule has 0 spiro atoms. The van der Waals surface area contributed by atoms with Gasteiger partial charge in [0.25, 0.3) is 5.95 Å². The summed E-state index contributed by atoms with van der Waals surface area (Å²) in [5.41, 5.74) is 0.0648. The molecular formula is C8H12O4. The highest BCUT2D eigenvalue weighted by molar-refractivity contribution is 5.88. The molecule has 12 heavy (non-hydrogen) atoms. The summed E-state index contributed by atoms with van der Waals surface area (Å²) in [6, 6.07) is 0. The van der Waals surface area contributed by atoms with Crippen LogP contribution in [-0.2, 0) is 14.3 Å². The first-order valence-electron chi connectivity index (χ1n) is 3.32. The van der Waals surface area contributed by atoms with E-state index in [1.165, 1.54) is 20.3 Å². The van der Waals surface area contributed by atoms with E-state index in [9.17, 15) is 4.79 Å². The maximum atomic E-state index is 10.9. The fourth-order valence-corrected chi connectivity index (χ4v) is 0.649. The number of rotatable bonds is 4. The number of hydrogen-bond donors (Lipinski definition) is 1. The fourth-order valence-electron chi connectivity index (χ4n) is 0.649. The predicted molar refractivity (Wildman–Crippen MR) is 43.5 cm³/mol. The first-order chi connectivity index (χ1) is 5.67. The fraction of sp³-hybridized carbons (Fsp3) is 0.375. The molecule has 1 N–H and O–H groups in total. The van der Waals surface area contributed by atoms with Crippen LogP contribution in [0.3, 0.4) is 0 Å². The number of carbonyl (C=O) groups excluding carboxylic acids is 1. The Hall–Kier alpha value is -1.45. The number of aliphatic hydroxyl groups excluding tert-OH is 1. The van der Waals surface area contributed by atoms with Crippen molar-refractivity contribution in [1.82, 2.24) is 0 Å². The smallest absolute Gasteiger partial charge is 0.341 e. The van der Waals surface area contributed by atoms with Gasteiger partial charge in [0.1, 0.15) is 5.57 Å². The maximum absolute atomic E-state index is 10.9. The van der Waals surface area contributed by atoms with Crippen molar-refractivity contribution in [2.75, 3.05) is 14.2 Å². The molecule has 0 aliphatic carbocycles. The summed E-state index contributed by atoms with van der Waals surface area (Å²) in [5, 5.41) is 9.06. The van der Waals surface area contributed by atoms with Gasteiger partial charge in [-0.15, -0.1) is 6.58 Å². The highest BCUT2D eigenvalue weighted by atomic mass is 16.6. The molecule has 0 heterocycles. The second-order valence-corrected chi connectivity index (χ2v) is 1.97. The van der Waals surface area contributed by atoms with E-state index in [1.807, 2.05) is 0 Å². The van der Waals surface area contributed by atoms with Crippen LogP contribution in [0.25, 0.3) is 0 Å². The first-order valence-corrected chi connectivity index (χ1v) is 3.32. The van der Waals surface area contributed by atoms with Gasteiger partial charge >= 0.3 is 5.97 Å². The zero-order valence-electron chi connectivity index (χ0n) is 7.16. The molecule has 0 aromatic rings. The van der Waals surface area contributed by atoms with E-state index in [1.54, 1.807) is 0 Å². The normalized spacial score (nSPS) is 11.5. The number of carbonyl (C=O) groups is 1. The van der Waals surface area contributed by atoms with E-state index in [0.29, 0.717) is 0 Å². The molecule has 0 fully saturated rings. The molecule has 0 aliphatic heterocycles. The topological polar surface area (TPSA) is 55.8 Å². The molecule has 68 valence electrons. The molecule has 0 bridgehead atoms. The number of aliphatic hydroxyl groups is 1. The average molecular weight is 172 g/mol. The van der Waals surface area contributed by atoms with Crippen molar-refractivity contribution < 1.29 is 19.4 Å². The molecule has 0 saturated carbocycles. The lowest BCUT2D eigenvalue weighted by Gasteiger charge is -2.04. The molecule has 4 nitrogen and oxygen atoms in total. The lowest BCUT2D eigenvalue weighted by Crippen LogP contribution is -2.08. The third kappa shape index (κ3) is 2.65. The minimum atomic E-state index is -0.616. The average Bonchev–Trinajstić information content (AvgIpc) is 2.11. The Morgan fingerprint density at radius 1 is 1.50 bits per heavy atom. The van der Waals surface area contributed by atoms with Crippen LogP contribution < -0.4 is 0 Å². The van der Waals surface area contributed by atoms with Gasteiger partial charge in [-0.3, -0.25) is 0 Å². The molecule has 0 amide bonds. The molecule has 4 heteroatoms. The summed E-state index contributed by atoms with van der Waals surface area (Å²) in [6.07, 6.45) is 1.69. The van der Waals surface area contributed by atoms with Gasteiger partial charge in [-0.05, 0) is 0 Å². The van der Waals surface area contributed by atoms with Crippen LogP contribution in [0.4, 0.5) is 0 Å². The van der Waals surface area contributed by atoms with Crippen LogP contribution in [0.15, 0.2) is 24.2 Å². The van der Waals surface area contributed by atoms with Crippen molar-refractivity contribution >= 4 is 5.97 Å². The SMILES string of the molecule is C=CC/C(C(=O)OC)=C(\O)OC. The summed E-state index contributed by atoms with van der Waals surface area (Å²) >= 11 is 0. The molecule has 0 aromatic heterocycles. The van der Waals surface area contributed by atoms with Gasteiger partial charge in [0.2, 0.25) is 0 Å². The number of methoxy groups -OCH3 is 2. The molecular weight excluding hydrogens is 160 g/mol. The van der Waals surface area contributed by atoms with Crippen LogP contribution in [0, 0.1) is 0 Å². The number of esters is 1. The zero-order valence-corrected chi connectivity index (χ0v) is 7.16. The van der Waals surface area contributed by atoms with Gasteiger partial charge in [0, 0.05) is 6.42 Å². The molecule has 0 unspecified atom stereocenters. The minimum Gasteiger partial charge on any atom is -0.481 e.